The average Bonchev–Trinajstić information content (AvgIpc) is 2.53. The van der Waals surface area contributed by atoms with Gasteiger partial charge in [0.05, 0.1) is 12.6 Å². The zero-order chi connectivity index (χ0) is 20.4. The highest BCUT2D eigenvalue weighted by atomic mass is 79.9. The van der Waals surface area contributed by atoms with E-state index < -0.39 is 36.1 Å². The summed E-state index contributed by atoms with van der Waals surface area (Å²) in [7, 11) is 0. The normalized spacial score (nSPS) is 19.5. The fourth-order valence-corrected chi connectivity index (χ4v) is 3.01. The summed E-state index contributed by atoms with van der Waals surface area (Å²) in [5.74, 6) is -3.61. The number of aromatic nitrogens is 2. The number of nitrogens with one attached hydrogen (secondary N) is 1. The first-order chi connectivity index (χ1) is 12.4. The number of alkyl halides is 2. The van der Waals surface area contributed by atoms with Gasteiger partial charge in [0, 0.05) is 19.2 Å². The minimum atomic E-state index is -2.99. The molecule has 10 heteroatoms. The first-order valence-corrected chi connectivity index (χ1v) is 9.32. The molecule has 27 heavy (non-hydrogen) atoms. The standard InChI is InChI=1S/C17H23BrF2N4O3/c1-10-7-21-14(18)23-12(10)13(25)24-9-17(19,20)6-5-11(24)8-22-15(26)27-16(2,3)4/h7,11H,5-6,8-9H2,1-4H3,(H,22,26)/t11-/m1/s1. The number of amides is 2. The number of piperidine rings is 1. The summed E-state index contributed by atoms with van der Waals surface area (Å²) in [6.07, 6.45) is 0.484. The summed E-state index contributed by atoms with van der Waals surface area (Å²) >= 11 is 3.09. The Morgan fingerprint density at radius 3 is 2.74 bits per heavy atom. The number of hydrogen-bond acceptors (Lipinski definition) is 5. The van der Waals surface area contributed by atoms with Gasteiger partial charge in [0.1, 0.15) is 11.3 Å². The van der Waals surface area contributed by atoms with Crippen molar-refractivity contribution in [1.82, 2.24) is 20.2 Å². The van der Waals surface area contributed by atoms with Crippen molar-refractivity contribution < 1.29 is 23.1 Å². The fraction of sp³-hybridized carbons (Fsp3) is 0.647. The molecule has 0 saturated carbocycles. The van der Waals surface area contributed by atoms with Crippen LogP contribution in [0, 0.1) is 6.92 Å². The number of carbonyl (C=O) groups is 2. The van der Waals surface area contributed by atoms with Crippen LogP contribution in [0.5, 0.6) is 0 Å². The van der Waals surface area contributed by atoms with Crippen LogP contribution in [0.2, 0.25) is 0 Å². The Morgan fingerprint density at radius 2 is 2.11 bits per heavy atom. The number of likely N-dealkylation sites (tertiary alicyclic amines) is 1. The van der Waals surface area contributed by atoms with E-state index in [0.717, 1.165) is 4.90 Å². The van der Waals surface area contributed by atoms with E-state index in [4.69, 9.17) is 4.74 Å². The highest BCUT2D eigenvalue weighted by Crippen LogP contribution is 2.31. The first kappa shape index (κ1) is 21.5. The van der Waals surface area contributed by atoms with E-state index in [1.165, 1.54) is 6.20 Å². The van der Waals surface area contributed by atoms with Gasteiger partial charge in [0.2, 0.25) is 0 Å². The molecule has 1 saturated heterocycles. The predicted molar refractivity (Wildman–Crippen MR) is 97.7 cm³/mol. The number of halogens is 3. The maximum Gasteiger partial charge on any atom is 0.407 e. The lowest BCUT2D eigenvalue weighted by Gasteiger charge is -2.39. The van der Waals surface area contributed by atoms with Gasteiger partial charge in [-0.25, -0.2) is 23.5 Å². The van der Waals surface area contributed by atoms with Crippen LogP contribution in [0.3, 0.4) is 0 Å². The van der Waals surface area contributed by atoms with Crippen molar-refractivity contribution in [3.63, 3.8) is 0 Å². The second kappa shape index (κ2) is 8.04. The van der Waals surface area contributed by atoms with E-state index in [1.807, 2.05) is 0 Å². The van der Waals surface area contributed by atoms with Crippen molar-refractivity contribution in [2.75, 3.05) is 13.1 Å². The number of hydrogen-bond donors (Lipinski definition) is 1. The number of nitrogens with zero attached hydrogens (tertiary/aromatic N) is 3. The molecule has 2 heterocycles. The third-order valence-electron chi connectivity index (χ3n) is 3.97. The van der Waals surface area contributed by atoms with Gasteiger partial charge in [-0.2, -0.15) is 0 Å². The third kappa shape index (κ3) is 6.08. The quantitative estimate of drug-likeness (QED) is 0.716. The lowest BCUT2D eigenvalue weighted by atomic mass is 9.98. The SMILES string of the molecule is Cc1cnc(Br)nc1C(=O)N1CC(F)(F)CC[C@@H]1CNC(=O)OC(C)(C)C. The Morgan fingerprint density at radius 1 is 1.44 bits per heavy atom. The molecule has 150 valence electrons. The Labute approximate surface area is 165 Å². The predicted octanol–water partition coefficient (Wildman–Crippen LogP) is 3.31. The van der Waals surface area contributed by atoms with Gasteiger partial charge in [0.25, 0.3) is 11.8 Å². The second-order valence-electron chi connectivity index (χ2n) is 7.53. The topological polar surface area (TPSA) is 84.4 Å². The largest absolute Gasteiger partial charge is 0.444 e. The maximum absolute atomic E-state index is 14.0. The molecule has 1 N–H and O–H groups in total. The molecule has 0 bridgehead atoms. The molecule has 0 radical (unpaired) electrons. The fourth-order valence-electron chi connectivity index (χ4n) is 2.73. The van der Waals surface area contributed by atoms with Gasteiger partial charge < -0.3 is 15.0 Å². The molecule has 1 aliphatic heterocycles. The molecule has 1 aromatic heterocycles. The molecule has 1 atom stereocenters. The molecule has 0 unspecified atom stereocenters. The van der Waals surface area contributed by atoms with Crippen molar-refractivity contribution in [3.8, 4) is 0 Å². The van der Waals surface area contributed by atoms with E-state index >= 15 is 0 Å². The molecule has 7 nitrogen and oxygen atoms in total. The molecule has 2 amide bonds. The Hall–Kier alpha value is -1.84. The van der Waals surface area contributed by atoms with Crippen molar-refractivity contribution >= 4 is 27.9 Å². The van der Waals surface area contributed by atoms with E-state index in [0.29, 0.717) is 5.56 Å². The molecule has 0 aromatic carbocycles. The van der Waals surface area contributed by atoms with Crippen molar-refractivity contribution in [3.05, 3.63) is 22.2 Å². The third-order valence-corrected chi connectivity index (χ3v) is 4.35. The van der Waals surface area contributed by atoms with Crippen LogP contribution in [-0.4, -0.2) is 57.5 Å². The molecular weight excluding hydrogens is 426 g/mol. The van der Waals surface area contributed by atoms with E-state index in [1.54, 1.807) is 27.7 Å². The smallest absolute Gasteiger partial charge is 0.407 e. The molecule has 1 aromatic rings. The summed E-state index contributed by atoms with van der Waals surface area (Å²) in [5, 5.41) is 2.56. The lowest BCUT2D eigenvalue weighted by Crippen LogP contribution is -2.55. The number of alkyl carbamates (subject to hydrolysis) is 1. The summed E-state index contributed by atoms with van der Waals surface area (Å²) in [6, 6.07) is -0.585. The Balaban J connectivity index is 2.16. The van der Waals surface area contributed by atoms with E-state index in [-0.39, 0.29) is 29.8 Å². The molecule has 1 aliphatic rings. The van der Waals surface area contributed by atoms with E-state index in [2.05, 4.69) is 31.2 Å². The zero-order valence-corrected chi connectivity index (χ0v) is 17.3. The van der Waals surface area contributed by atoms with Crippen LogP contribution in [0.1, 0.15) is 49.7 Å². The van der Waals surface area contributed by atoms with E-state index in [9.17, 15) is 18.4 Å². The van der Waals surface area contributed by atoms with Gasteiger partial charge >= 0.3 is 6.09 Å². The summed E-state index contributed by atoms with van der Waals surface area (Å²) in [6.45, 7) is 6.09. The van der Waals surface area contributed by atoms with Crippen LogP contribution in [0.25, 0.3) is 0 Å². The van der Waals surface area contributed by atoms with Crippen LogP contribution >= 0.6 is 15.9 Å². The lowest BCUT2D eigenvalue weighted by molar-refractivity contribution is -0.0718. The van der Waals surface area contributed by atoms with Crippen molar-refractivity contribution in [2.45, 2.75) is 58.1 Å². The number of carbonyl (C=O) groups excluding carboxylic acids is 2. The summed E-state index contributed by atoms with van der Waals surface area (Å²) in [4.78, 5) is 33.8. The Kier molecular flexibility index (Phi) is 6.39. The van der Waals surface area contributed by atoms with Gasteiger partial charge in [-0.15, -0.1) is 0 Å². The van der Waals surface area contributed by atoms with Crippen LogP contribution in [-0.2, 0) is 4.74 Å². The monoisotopic (exact) mass is 448 g/mol. The average molecular weight is 449 g/mol. The molecule has 2 rings (SSSR count). The summed E-state index contributed by atoms with van der Waals surface area (Å²) < 4.78 is 33.3. The highest BCUT2D eigenvalue weighted by molar-refractivity contribution is 9.10. The summed E-state index contributed by atoms with van der Waals surface area (Å²) in [5.41, 5.74) is -0.142. The van der Waals surface area contributed by atoms with Gasteiger partial charge in [-0.05, 0) is 55.6 Å². The van der Waals surface area contributed by atoms with Crippen LogP contribution in [0.15, 0.2) is 10.9 Å². The minimum Gasteiger partial charge on any atom is -0.444 e. The van der Waals surface area contributed by atoms with Gasteiger partial charge in [0.15, 0.2) is 4.73 Å². The minimum absolute atomic E-state index is 0.0159. The number of rotatable bonds is 3. The zero-order valence-electron chi connectivity index (χ0n) is 15.7. The first-order valence-electron chi connectivity index (χ1n) is 8.53. The highest BCUT2D eigenvalue weighted by Gasteiger charge is 2.43. The van der Waals surface area contributed by atoms with Crippen LogP contribution in [0.4, 0.5) is 13.6 Å². The second-order valence-corrected chi connectivity index (χ2v) is 8.24. The van der Waals surface area contributed by atoms with Crippen LogP contribution < -0.4 is 5.32 Å². The van der Waals surface area contributed by atoms with Gasteiger partial charge in [-0.3, -0.25) is 4.79 Å². The molecular formula is C17H23BrF2N4O3. The van der Waals surface area contributed by atoms with Crippen molar-refractivity contribution in [1.29, 1.82) is 0 Å². The number of ether oxygens (including phenoxy) is 1. The van der Waals surface area contributed by atoms with Gasteiger partial charge in [-0.1, -0.05) is 0 Å². The van der Waals surface area contributed by atoms with Crippen molar-refractivity contribution in [2.24, 2.45) is 0 Å². The Bertz CT molecular complexity index is 725. The molecule has 0 aliphatic carbocycles. The number of aryl methyl sites for hydroxylation is 1. The molecule has 1 fully saturated rings. The maximum atomic E-state index is 14.0. The molecule has 0 spiro atoms.